The number of rotatable bonds is 9. The third kappa shape index (κ3) is 5.08. The SMILES string of the molecule is COc1cc2c(c(OC)c1OC)CCc1cc(-c3ccccc3F)c(C(=O)N[C@@H](CO)Cc3c[nH]c4ccccc34)cc1-2. The first-order chi connectivity index (χ1) is 21.0. The van der Waals surface area contributed by atoms with Gasteiger partial charge in [0.2, 0.25) is 5.75 Å². The van der Waals surface area contributed by atoms with E-state index in [-0.39, 0.29) is 6.61 Å². The fraction of sp³-hybridized carbons (Fsp3) is 0.229. The van der Waals surface area contributed by atoms with Gasteiger partial charge in [-0.25, -0.2) is 4.39 Å². The number of halogens is 1. The van der Waals surface area contributed by atoms with E-state index in [4.69, 9.17) is 14.2 Å². The second-order valence-electron chi connectivity index (χ2n) is 10.6. The minimum atomic E-state index is -0.562. The molecule has 5 aromatic rings. The number of benzene rings is 4. The maximum Gasteiger partial charge on any atom is 0.252 e. The highest BCUT2D eigenvalue weighted by molar-refractivity contribution is 6.03. The fourth-order valence-corrected chi connectivity index (χ4v) is 6.15. The van der Waals surface area contributed by atoms with E-state index in [9.17, 15) is 9.90 Å². The van der Waals surface area contributed by atoms with Crippen molar-refractivity contribution >= 4 is 16.8 Å². The van der Waals surface area contributed by atoms with Gasteiger partial charge in [-0.1, -0.05) is 36.4 Å². The van der Waals surface area contributed by atoms with Crippen LogP contribution in [0.3, 0.4) is 0 Å². The van der Waals surface area contributed by atoms with E-state index in [1.165, 1.54) is 6.07 Å². The average Bonchev–Trinajstić information content (AvgIpc) is 3.45. The van der Waals surface area contributed by atoms with E-state index in [1.54, 1.807) is 39.5 Å². The number of aliphatic hydroxyl groups is 1. The van der Waals surface area contributed by atoms with Crippen LogP contribution in [0.2, 0.25) is 0 Å². The van der Waals surface area contributed by atoms with Gasteiger partial charge >= 0.3 is 0 Å². The molecule has 1 amide bonds. The van der Waals surface area contributed by atoms with E-state index in [1.807, 2.05) is 48.7 Å². The first kappa shape index (κ1) is 28.3. The van der Waals surface area contributed by atoms with E-state index in [0.717, 1.165) is 38.7 Å². The topological polar surface area (TPSA) is 92.8 Å². The molecule has 0 fully saturated rings. The molecule has 0 aliphatic heterocycles. The molecule has 1 aliphatic rings. The van der Waals surface area contributed by atoms with Crippen LogP contribution in [0.1, 0.15) is 27.0 Å². The monoisotopic (exact) mass is 580 g/mol. The molecule has 8 heteroatoms. The summed E-state index contributed by atoms with van der Waals surface area (Å²) in [4.78, 5) is 17.3. The van der Waals surface area contributed by atoms with Crippen LogP contribution in [-0.4, -0.2) is 50.0 Å². The molecule has 0 radical (unpaired) electrons. The van der Waals surface area contributed by atoms with Gasteiger partial charge in [0.1, 0.15) is 5.82 Å². The molecule has 1 aromatic heterocycles. The Morgan fingerprint density at radius 2 is 1.67 bits per heavy atom. The number of hydrogen-bond acceptors (Lipinski definition) is 5. The van der Waals surface area contributed by atoms with Crippen LogP contribution in [0.25, 0.3) is 33.2 Å². The summed E-state index contributed by atoms with van der Waals surface area (Å²) < 4.78 is 32.2. The Balaban J connectivity index is 1.45. The van der Waals surface area contributed by atoms with E-state index < -0.39 is 17.8 Å². The number of aromatic nitrogens is 1. The molecule has 4 aromatic carbocycles. The number of hydrogen-bond donors (Lipinski definition) is 3. The normalized spacial score (nSPS) is 12.8. The molecule has 6 rings (SSSR count). The molecular weight excluding hydrogens is 547 g/mol. The van der Waals surface area contributed by atoms with Gasteiger partial charge in [-0.2, -0.15) is 0 Å². The minimum absolute atomic E-state index is 0.262. The Morgan fingerprint density at radius 1 is 0.907 bits per heavy atom. The second kappa shape index (κ2) is 11.8. The van der Waals surface area contributed by atoms with Crippen LogP contribution < -0.4 is 19.5 Å². The number of para-hydroxylation sites is 1. The largest absolute Gasteiger partial charge is 0.493 e. The molecule has 220 valence electrons. The fourth-order valence-electron chi connectivity index (χ4n) is 6.15. The zero-order valence-corrected chi connectivity index (χ0v) is 24.3. The van der Waals surface area contributed by atoms with Crippen molar-refractivity contribution in [1.82, 2.24) is 10.3 Å². The lowest BCUT2D eigenvalue weighted by Crippen LogP contribution is -2.39. The number of H-pyrrole nitrogens is 1. The molecule has 1 heterocycles. The van der Waals surface area contributed by atoms with Crippen LogP contribution in [-0.2, 0) is 19.3 Å². The lowest BCUT2D eigenvalue weighted by Gasteiger charge is -2.26. The Labute approximate surface area is 249 Å². The number of aryl methyl sites for hydroxylation is 1. The Kier molecular flexibility index (Phi) is 7.78. The molecule has 0 bridgehead atoms. The van der Waals surface area contributed by atoms with Crippen molar-refractivity contribution < 1.29 is 28.5 Å². The van der Waals surface area contributed by atoms with E-state index in [2.05, 4.69) is 10.3 Å². The van der Waals surface area contributed by atoms with Gasteiger partial charge in [0.05, 0.1) is 34.0 Å². The number of carbonyl (C=O) groups is 1. The van der Waals surface area contributed by atoms with Crippen molar-refractivity contribution in [2.24, 2.45) is 0 Å². The van der Waals surface area contributed by atoms with Gasteiger partial charge in [-0.3, -0.25) is 4.79 Å². The summed E-state index contributed by atoms with van der Waals surface area (Å²) in [5.41, 5.74) is 6.74. The predicted molar refractivity (Wildman–Crippen MR) is 165 cm³/mol. The summed E-state index contributed by atoms with van der Waals surface area (Å²) >= 11 is 0. The molecule has 3 N–H and O–H groups in total. The van der Waals surface area contributed by atoms with Crippen LogP contribution >= 0.6 is 0 Å². The van der Waals surface area contributed by atoms with Gasteiger partial charge in [-0.05, 0) is 77.4 Å². The number of methoxy groups -OCH3 is 3. The minimum Gasteiger partial charge on any atom is -0.493 e. The molecule has 0 spiro atoms. The van der Waals surface area contributed by atoms with Crippen LogP contribution in [0, 0.1) is 5.82 Å². The predicted octanol–water partition coefficient (Wildman–Crippen LogP) is 6.10. The van der Waals surface area contributed by atoms with Gasteiger partial charge in [0.15, 0.2) is 11.5 Å². The van der Waals surface area contributed by atoms with E-state index >= 15 is 4.39 Å². The van der Waals surface area contributed by atoms with Crippen LogP contribution in [0.5, 0.6) is 17.2 Å². The maximum atomic E-state index is 15.2. The van der Waals surface area contributed by atoms with Crippen molar-refractivity contribution in [2.45, 2.75) is 25.3 Å². The van der Waals surface area contributed by atoms with Crippen molar-refractivity contribution in [1.29, 1.82) is 0 Å². The van der Waals surface area contributed by atoms with Crippen molar-refractivity contribution in [3.63, 3.8) is 0 Å². The zero-order chi connectivity index (χ0) is 30.1. The van der Waals surface area contributed by atoms with Crippen molar-refractivity contribution in [2.75, 3.05) is 27.9 Å². The molecule has 43 heavy (non-hydrogen) atoms. The Hall–Kier alpha value is -4.82. The first-order valence-electron chi connectivity index (χ1n) is 14.2. The number of fused-ring (bicyclic) bond motifs is 4. The summed E-state index contributed by atoms with van der Waals surface area (Å²) in [6.07, 6.45) is 3.65. The lowest BCUT2D eigenvalue weighted by atomic mass is 9.81. The third-order valence-corrected chi connectivity index (χ3v) is 8.22. The van der Waals surface area contributed by atoms with Gasteiger partial charge < -0.3 is 29.6 Å². The quantitative estimate of drug-likeness (QED) is 0.196. The van der Waals surface area contributed by atoms with Crippen molar-refractivity contribution in [3.8, 4) is 39.5 Å². The standard InChI is InChI=1S/C35H33FN2O5/c1-41-32-17-28-25(33(42-2)34(32)43-3)13-12-20-15-27(24-9-4-6-10-30(24)36)29(16-26(20)28)35(40)38-22(19-39)14-21-18-37-31-11-7-5-8-23(21)31/h4-11,15-18,22,37,39H,12-14,19H2,1-3H3,(H,38,40)/t22-/m1/s1. The zero-order valence-electron chi connectivity index (χ0n) is 24.3. The van der Waals surface area contributed by atoms with Gasteiger partial charge in [-0.15, -0.1) is 0 Å². The van der Waals surface area contributed by atoms with Gasteiger partial charge in [0, 0.05) is 33.8 Å². The van der Waals surface area contributed by atoms with Crippen LogP contribution in [0.15, 0.2) is 72.9 Å². The highest BCUT2D eigenvalue weighted by atomic mass is 19.1. The highest BCUT2D eigenvalue weighted by Crippen LogP contribution is 2.49. The molecule has 1 atom stereocenters. The molecule has 1 aliphatic carbocycles. The smallest absolute Gasteiger partial charge is 0.252 e. The third-order valence-electron chi connectivity index (χ3n) is 8.22. The van der Waals surface area contributed by atoms with Crippen molar-refractivity contribution in [3.05, 3.63) is 101 Å². The summed E-state index contributed by atoms with van der Waals surface area (Å²) in [7, 11) is 4.73. The number of aromatic amines is 1. The summed E-state index contributed by atoms with van der Waals surface area (Å²) in [5.74, 6) is 0.786. The number of nitrogens with one attached hydrogen (secondary N) is 2. The molecule has 7 nitrogen and oxygen atoms in total. The lowest BCUT2D eigenvalue weighted by molar-refractivity contribution is 0.0917. The number of aliphatic hydroxyl groups excluding tert-OH is 1. The molecule has 0 saturated carbocycles. The van der Waals surface area contributed by atoms with Crippen LogP contribution in [0.4, 0.5) is 4.39 Å². The number of carbonyl (C=O) groups excluding carboxylic acids is 1. The van der Waals surface area contributed by atoms with E-state index in [0.29, 0.717) is 53.2 Å². The highest BCUT2D eigenvalue weighted by Gasteiger charge is 2.29. The van der Waals surface area contributed by atoms with Gasteiger partial charge in [0.25, 0.3) is 5.91 Å². The molecule has 0 saturated heterocycles. The number of ether oxygens (including phenoxy) is 3. The first-order valence-corrected chi connectivity index (χ1v) is 14.2. The Morgan fingerprint density at radius 3 is 2.42 bits per heavy atom. The Bertz CT molecular complexity index is 1830. The summed E-state index contributed by atoms with van der Waals surface area (Å²) in [5, 5.41) is 14.3. The average molecular weight is 581 g/mol. The number of amides is 1. The molecular formula is C35H33FN2O5. The second-order valence-corrected chi connectivity index (χ2v) is 10.6. The molecule has 0 unspecified atom stereocenters. The maximum absolute atomic E-state index is 15.2. The summed E-state index contributed by atoms with van der Waals surface area (Å²) in [6, 6.07) is 19.4. The summed E-state index contributed by atoms with van der Waals surface area (Å²) in [6.45, 7) is -0.262.